The Balaban J connectivity index is 2.98. The van der Waals surface area contributed by atoms with Gasteiger partial charge < -0.3 is 14.7 Å². The van der Waals surface area contributed by atoms with E-state index < -0.39 is 0 Å². The van der Waals surface area contributed by atoms with Crippen molar-refractivity contribution in [2.45, 2.75) is 39.7 Å². The first kappa shape index (κ1) is 16.4. The van der Waals surface area contributed by atoms with Crippen LogP contribution < -0.4 is 20.9 Å². The Morgan fingerprint density at radius 3 is 2.60 bits per heavy atom. The number of nitrogens with two attached hydrogens (primary N) is 1. The average molecular weight is 284 g/mol. The summed E-state index contributed by atoms with van der Waals surface area (Å²) in [6.45, 7) is 7.12. The summed E-state index contributed by atoms with van der Waals surface area (Å²) in [6.07, 6.45) is 1.99. The molecule has 114 valence electrons. The molecule has 1 heterocycles. The van der Waals surface area contributed by atoms with Gasteiger partial charge in [-0.2, -0.15) is 15.0 Å². The Kier molecular flexibility index (Phi) is 6.96. The Labute approximate surface area is 119 Å². The molecule has 1 aromatic heterocycles. The normalized spacial score (nSPS) is 10.7. The summed E-state index contributed by atoms with van der Waals surface area (Å²) < 4.78 is 5.48. The van der Waals surface area contributed by atoms with Crippen molar-refractivity contribution in [3.05, 3.63) is 0 Å². The predicted octanol–water partition coefficient (Wildman–Crippen LogP) is 0.543. The van der Waals surface area contributed by atoms with Crippen LogP contribution in [0.4, 0.5) is 11.9 Å². The fraction of sp³-hybridized carbons (Fsp3) is 0.750. The molecule has 8 heteroatoms. The second-order valence-electron chi connectivity index (χ2n) is 4.62. The predicted molar refractivity (Wildman–Crippen MR) is 77.6 cm³/mol. The first-order valence-corrected chi connectivity index (χ1v) is 6.85. The van der Waals surface area contributed by atoms with Crippen LogP contribution in [-0.4, -0.2) is 45.9 Å². The topological polar surface area (TPSA) is 109 Å². The van der Waals surface area contributed by atoms with Gasteiger partial charge in [0.15, 0.2) is 0 Å². The molecule has 0 aliphatic rings. The summed E-state index contributed by atoms with van der Waals surface area (Å²) >= 11 is 0. The Hall–Kier alpha value is -1.67. The van der Waals surface area contributed by atoms with E-state index in [9.17, 15) is 0 Å². The second kappa shape index (κ2) is 8.49. The number of nitrogens with zero attached hydrogens (tertiary/aromatic N) is 4. The van der Waals surface area contributed by atoms with E-state index in [4.69, 9.17) is 15.7 Å². The van der Waals surface area contributed by atoms with Gasteiger partial charge in [-0.3, -0.25) is 5.43 Å². The van der Waals surface area contributed by atoms with Crippen molar-refractivity contribution in [1.82, 2.24) is 15.0 Å². The first-order chi connectivity index (χ1) is 9.60. The van der Waals surface area contributed by atoms with Gasteiger partial charge in [0.1, 0.15) is 0 Å². The van der Waals surface area contributed by atoms with Crippen molar-refractivity contribution in [3.8, 4) is 6.01 Å². The third-order valence-corrected chi connectivity index (χ3v) is 2.51. The zero-order chi connectivity index (χ0) is 15.0. The Morgan fingerprint density at radius 2 is 2.05 bits per heavy atom. The number of hydrazine groups is 1. The minimum atomic E-state index is -0.0437. The number of nitrogens with one attached hydrogen (secondary N) is 1. The van der Waals surface area contributed by atoms with Gasteiger partial charge in [-0.15, -0.1) is 0 Å². The van der Waals surface area contributed by atoms with Crippen LogP contribution in [0.25, 0.3) is 0 Å². The molecule has 0 aliphatic heterocycles. The maximum absolute atomic E-state index is 9.15. The van der Waals surface area contributed by atoms with Crippen LogP contribution >= 0.6 is 0 Å². The highest BCUT2D eigenvalue weighted by molar-refractivity contribution is 5.37. The van der Waals surface area contributed by atoms with E-state index in [1.54, 1.807) is 0 Å². The summed E-state index contributed by atoms with van der Waals surface area (Å²) in [5, 5.41) is 9.15. The molecule has 0 amide bonds. The summed E-state index contributed by atoms with van der Waals surface area (Å²) in [5.74, 6) is 6.06. The van der Waals surface area contributed by atoms with Crippen LogP contribution in [0.1, 0.15) is 33.6 Å². The number of nitrogen functional groups attached to an aromatic ring is 1. The Morgan fingerprint density at radius 1 is 1.30 bits per heavy atom. The van der Waals surface area contributed by atoms with Crippen LogP contribution in [0.3, 0.4) is 0 Å². The summed E-state index contributed by atoms with van der Waals surface area (Å²) in [5.41, 5.74) is 2.40. The number of anilines is 2. The lowest BCUT2D eigenvalue weighted by Crippen LogP contribution is -2.30. The van der Waals surface area contributed by atoms with E-state index >= 15 is 0 Å². The molecule has 0 fully saturated rings. The molecule has 1 aromatic rings. The van der Waals surface area contributed by atoms with Crippen LogP contribution in [0.5, 0.6) is 6.01 Å². The maximum atomic E-state index is 9.15. The molecule has 0 radical (unpaired) electrons. The van der Waals surface area contributed by atoms with Crippen molar-refractivity contribution in [3.63, 3.8) is 0 Å². The lowest BCUT2D eigenvalue weighted by molar-refractivity contribution is 0.221. The number of hydrogen-bond acceptors (Lipinski definition) is 8. The molecule has 0 bridgehead atoms. The largest absolute Gasteiger partial charge is 0.461 e. The van der Waals surface area contributed by atoms with E-state index in [1.165, 1.54) is 0 Å². The minimum Gasteiger partial charge on any atom is -0.461 e. The molecule has 0 saturated carbocycles. The van der Waals surface area contributed by atoms with Crippen molar-refractivity contribution in [2.75, 3.05) is 30.0 Å². The molecule has 0 aliphatic carbocycles. The molecule has 0 unspecified atom stereocenters. The third kappa shape index (κ3) is 5.14. The minimum absolute atomic E-state index is 0.0289. The van der Waals surface area contributed by atoms with Gasteiger partial charge in [0.25, 0.3) is 0 Å². The van der Waals surface area contributed by atoms with Gasteiger partial charge in [-0.1, -0.05) is 13.3 Å². The molecule has 4 N–H and O–H groups in total. The highest BCUT2D eigenvalue weighted by Gasteiger charge is 2.14. The van der Waals surface area contributed by atoms with E-state index in [0.29, 0.717) is 12.5 Å². The molecular weight excluding hydrogens is 260 g/mol. The number of aromatic nitrogens is 3. The van der Waals surface area contributed by atoms with E-state index in [1.807, 2.05) is 18.7 Å². The van der Waals surface area contributed by atoms with Gasteiger partial charge in [0.05, 0.1) is 12.7 Å². The quantitative estimate of drug-likeness (QED) is 0.445. The van der Waals surface area contributed by atoms with Crippen LogP contribution in [0, 0.1) is 0 Å². The standard InChI is InChI=1S/C12H24N6O2/c1-4-5-6-18(7-8-19)11-14-10(17-13)15-12(16-11)20-9(2)3/h9,19H,4-8,13H2,1-3H3,(H,14,15,16,17). The monoisotopic (exact) mass is 284 g/mol. The van der Waals surface area contributed by atoms with Crippen molar-refractivity contribution in [1.29, 1.82) is 0 Å². The maximum Gasteiger partial charge on any atom is 0.323 e. The number of hydrogen-bond donors (Lipinski definition) is 3. The van der Waals surface area contributed by atoms with Crippen molar-refractivity contribution in [2.24, 2.45) is 5.84 Å². The van der Waals surface area contributed by atoms with Gasteiger partial charge >= 0.3 is 6.01 Å². The lowest BCUT2D eigenvalue weighted by atomic mass is 10.3. The summed E-state index contributed by atoms with van der Waals surface area (Å²) in [4.78, 5) is 14.4. The van der Waals surface area contributed by atoms with Crippen molar-refractivity contribution >= 4 is 11.9 Å². The molecule has 8 nitrogen and oxygen atoms in total. The SMILES string of the molecule is CCCCN(CCO)c1nc(NN)nc(OC(C)C)n1. The first-order valence-electron chi connectivity index (χ1n) is 6.85. The van der Waals surface area contributed by atoms with E-state index in [2.05, 4.69) is 27.3 Å². The lowest BCUT2D eigenvalue weighted by Gasteiger charge is -2.22. The fourth-order valence-corrected chi connectivity index (χ4v) is 1.60. The molecule has 0 atom stereocenters. The molecule has 1 rings (SSSR count). The van der Waals surface area contributed by atoms with Crippen LogP contribution in [0.15, 0.2) is 0 Å². The molecular formula is C12H24N6O2. The Bertz CT molecular complexity index is 402. The number of aliphatic hydroxyl groups is 1. The van der Waals surface area contributed by atoms with E-state index in [0.717, 1.165) is 19.4 Å². The molecule has 0 spiro atoms. The zero-order valence-electron chi connectivity index (χ0n) is 12.3. The molecule has 20 heavy (non-hydrogen) atoms. The van der Waals surface area contributed by atoms with Gasteiger partial charge in [-0.05, 0) is 20.3 Å². The van der Waals surface area contributed by atoms with Gasteiger partial charge in [-0.25, -0.2) is 5.84 Å². The number of rotatable bonds is 9. The van der Waals surface area contributed by atoms with Crippen molar-refractivity contribution < 1.29 is 9.84 Å². The highest BCUT2D eigenvalue weighted by Crippen LogP contribution is 2.16. The average Bonchev–Trinajstić information content (AvgIpc) is 2.42. The fourth-order valence-electron chi connectivity index (χ4n) is 1.60. The van der Waals surface area contributed by atoms with Crippen LogP contribution in [-0.2, 0) is 0 Å². The number of unbranched alkanes of at least 4 members (excludes halogenated alkanes) is 1. The summed E-state index contributed by atoms with van der Waals surface area (Å²) in [6, 6.07) is 0.220. The molecule has 0 saturated heterocycles. The number of aliphatic hydroxyl groups excluding tert-OH is 1. The molecule has 0 aromatic carbocycles. The highest BCUT2D eigenvalue weighted by atomic mass is 16.5. The third-order valence-electron chi connectivity index (χ3n) is 2.51. The van der Waals surface area contributed by atoms with Crippen LogP contribution in [0.2, 0.25) is 0 Å². The number of ether oxygens (including phenoxy) is 1. The van der Waals surface area contributed by atoms with Gasteiger partial charge in [0.2, 0.25) is 11.9 Å². The van der Waals surface area contributed by atoms with E-state index in [-0.39, 0.29) is 24.7 Å². The summed E-state index contributed by atoms with van der Waals surface area (Å²) in [7, 11) is 0. The second-order valence-corrected chi connectivity index (χ2v) is 4.62. The van der Waals surface area contributed by atoms with Gasteiger partial charge in [0, 0.05) is 13.1 Å². The zero-order valence-corrected chi connectivity index (χ0v) is 12.3. The smallest absolute Gasteiger partial charge is 0.323 e.